The van der Waals surface area contributed by atoms with Crippen molar-refractivity contribution in [2.24, 2.45) is 0 Å². The number of rotatable bonds is 17. The Balaban J connectivity index is 1.89. The molecule has 0 saturated carbocycles. The Morgan fingerprint density at radius 2 is 1.51 bits per heavy atom. The maximum absolute atomic E-state index is 10.0. The molecule has 0 radical (unpaired) electrons. The lowest BCUT2D eigenvalue weighted by Gasteiger charge is -2.37. The fourth-order valence-electron chi connectivity index (χ4n) is 4.66. The highest BCUT2D eigenvalue weighted by atomic mass is 28.4. The molecule has 1 unspecified atom stereocenters. The Bertz CT molecular complexity index is 1330. The van der Waals surface area contributed by atoms with Gasteiger partial charge in [0.2, 0.25) is 0 Å². The summed E-state index contributed by atoms with van der Waals surface area (Å²) in [6.07, 6.45) is 5.75. The highest BCUT2D eigenvalue weighted by Crippen LogP contribution is 2.37. The molecule has 2 aromatic rings. The van der Waals surface area contributed by atoms with E-state index in [1.54, 1.807) is 6.08 Å². The highest BCUT2D eigenvalue weighted by molar-refractivity contribution is 6.74. The smallest absolute Gasteiger partial charge is 0.192 e. The van der Waals surface area contributed by atoms with E-state index in [4.69, 9.17) is 27.8 Å². The van der Waals surface area contributed by atoms with Gasteiger partial charge in [-0.05, 0) is 67.5 Å². The molecule has 0 saturated heterocycles. The quantitative estimate of drug-likeness (QED) is 0.0941. The van der Waals surface area contributed by atoms with E-state index in [1.165, 1.54) is 0 Å². The molecule has 0 amide bonds. The van der Waals surface area contributed by atoms with Gasteiger partial charge >= 0.3 is 0 Å². The Morgan fingerprint density at radius 1 is 0.915 bits per heavy atom. The van der Waals surface area contributed by atoms with Crippen LogP contribution in [0.5, 0.6) is 0 Å². The van der Waals surface area contributed by atoms with Crippen molar-refractivity contribution in [3.8, 4) is 6.07 Å². The molecule has 47 heavy (non-hydrogen) atoms. The van der Waals surface area contributed by atoms with Crippen LogP contribution < -0.4 is 0 Å². The largest absolute Gasteiger partial charge is 0.486 e. The number of ether oxygens (including phenoxy) is 4. The molecule has 1 aliphatic rings. The summed E-state index contributed by atoms with van der Waals surface area (Å²) in [5, 5.41) is 10.0. The second-order valence-electron chi connectivity index (χ2n) is 14.4. The third-order valence-electron chi connectivity index (χ3n) is 8.26. The first-order valence-electron chi connectivity index (χ1n) is 16.5. The van der Waals surface area contributed by atoms with Crippen LogP contribution in [0.15, 0.2) is 97.3 Å². The molecule has 7 nitrogen and oxygen atoms in total. The molecule has 0 fully saturated rings. The SMILES string of the molecule is C=CC[C@H]1O[C@@H](COCc2ccccc2)[C@H](OCc2ccccc2)C=C[C@@H]1O/C(=C/C(C#N)O[Si](C)(C)C)CO[Si](C)(C)C(C)(C)C. The van der Waals surface area contributed by atoms with Crippen LogP contribution in [-0.4, -0.2) is 60.4 Å². The zero-order valence-electron chi connectivity index (χ0n) is 29.6. The van der Waals surface area contributed by atoms with Crippen LogP contribution in [0.2, 0.25) is 37.8 Å². The predicted molar refractivity (Wildman–Crippen MR) is 194 cm³/mol. The summed E-state index contributed by atoms with van der Waals surface area (Å²) in [5.74, 6) is 0.549. The van der Waals surface area contributed by atoms with E-state index in [1.807, 2.05) is 78.9 Å². The number of nitriles is 1. The summed E-state index contributed by atoms with van der Waals surface area (Å²) in [6.45, 7) is 22.7. The van der Waals surface area contributed by atoms with E-state index in [9.17, 15) is 5.26 Å². The first-order valence-corrected chi connectivity index (χ1v) is 22.8. The van der Waals surface area contributed by atoms with Crippen molar-refractivity contribution in [3.05, 3.63) is 108 Å². The summed E-state index contributed by atoms with van der Waals surface area (Å²) in [6, 6.07) is 22.5. The maximum Gasteiger partial charge on any atom is 0.192 e. The van der Waals surface area contributed by atoms with Gasteiger partial charge in [-0.25, -0.2) is 0 Å². The van der Waals surface area contributed by atoms with Crippen LogP contribution in [-0.2, 0) is 41.0 Å². The van der Waals surface area contributed by atoms with Gasteiger partial charge in [-0.1, -0.05) is 93.6 Å². The van der Waals surface area contributed by atoms with Gasteiger partial charge in [0.15, 0.2) is 22.7 Å². The lowest BCUT2D eigenvalue weighted by Crippen LogP contribution is -2.42. The molecule has 9 heteroatoms. The normalized spacial score (nSPS) is 21.5. The molecule has 0 aromatic heterocycles. The van der Waals surface area contributed by atoms with Crippen LogP contribution in [0.1, 0.15) is 38.3 Å². The second kappa shape index (κ2) is 18.1. The summed E-state index contributed by atoms with van der Waals surface area (Å²) in [7, 11) is -4.14. The second-order valence-corrected chi connectivity index (χ2v) is 23.7. The van der Waals surface area contributed by atoms with Gasteiger partial charge in [0.25, 0.3) is 0 Å². The Morgan fingerprint density at radius 3 is 2.06 bits per heavy atom. The maximum atomic E-state index is 10.0. The first-order chi connectivity index (χ1) is 22.2. The summed E-state index contributed by atoms with van der Waals surface area (Å²) in [5.41, 5.74) is 2.16. The average Bonchev–Trinajstić information content (AvgIpc) is 3.17. The minimum absolute atomic E-state index is 0.00849. The molecule has 3 rings (SSSR count). The lowest BCUT2D eigenvalue weighted by atomic mass is 10.1. The molecule has 1 heterocycles. The van der Waals surface area contributed by atoms with Crippen molar-refractivity contribution in [3.63, 3.8) is 0 Å². The van der Waals surface area contributed by atoms with E-state index >= 15 is 0 Å². The zero-order chi connectivity index (χ0) is 34.5. The molecule has 0 bridgehead atoms. The Kier molecular flexibility index (Phi) is 14.9. The minimum Gasteiger partial charge on any atom is -0.486 e. The number of benzene rings is 2. The van der Waals surface area contributed by atoms with E-state index in [0.717, 1.165) is 11.1 Å². The van der Waals surface area contributed by atoms with Crippen molar-refractivity contribution >= 4 is 16.6 Å². The molecule has 1 aliphatic heterocycles. The van der Waals surface area contributed by atoms with Gasteiger partial charge in [0, 0.05) is 0 Å². The third kappa shape index (κ3) is 13.3. The van der Waals surface area contributed by atoms with Crippen molar-refractivity contribution < 1.29 is 27.8 Å². The van der Waals surface area contributed by atoms with Gasteiger partial charge in [-0.3, -0.25) is 0 Å². The number of nitrogens with zero attached hydrogens (tertiary/aromatic N) is 1. The molecular formula is C38H55NO6Si2. The van der Waals surface area contributed by atoms with Gasteiger partial charge in [0.05, 0.1) is 32.5 Å². The minimum atomic E-state index is -2.13. The zero-order valence-corrected chi connectivity index (χ0v) is 31.6. The van der Waals surface area contributed by atoms with E-state index < -0.39 is 34.9 Å². The lowest BCUT2D eigenvalue weighted by molar-refractivity contribution is -0.135. The van der Waals surface area contributed by atoms with Crippen molar-refractivity contribution in [2.45, 2.75) is 109 Å². The molecule has 0 N–H and O–H groups in total. The van der Waals surface area contributed by atoms with E-state index in [-0.39, 0.29) is 23.9 Å². The fraction of sp³-hybridized carbons (Fsp3) is 0.500. The molecule has 0 aliphatic carbocycles. The summed E-state index contributed by atoms with van der Waals surface area (Å²) < 4.78 is 38.9. The standard InChI is InChI=1S/C38H55NO6Si2/c1-10-17-35-36(43-33(24-32(25-39)45-46(5,6)7)28-42-47(8,9)38(2,3)4)23-22-34(41-27-31-20-15-12-16-21-31)37(44-35)29-40-26-30-18-13-11-14-19-30/h10-16,18-24,32,34-37H,1,17,26-29H2,2-9H3/b33-24+/t32?,34-,35-,36+,37+/m1/s1. The molecule has 0 spiro atoms. The Labute approximate surface area is 285 Å². The van der Waals surface area contributed by atoms with Crippen molar-refractivity contribution in [1.82, 2.24) is 0 Å². The van der Waals surface area contributed by atoms with Gasteiger partial charge < -0.3 is 27.8 Å². The monoisotopic (exact) mass is 677 g/mol. The third-order valence-corrected chi connectivity index (χ3v) is 13.7. The van der Waals surface area contributed by atoms with Crippen molar-refractivity contribution in [2.75, 3.05) is 13.2 Å². The van der Waals surface area contributed by atoms with Crippen LogP contribution in [0.4, 0.5) is 0 Å². The topological polar surface area (TPSA) is 79.2 Å². The highest BCUT2D eigenvalue weighted by Gasteiger charge is 2.38. The Hall–Kier alpha value is -2.82. The van der Waals surface area contributed by atoms with Gasteiger partial charge in [0.1, 0.15) is 30.2 Å². The summed E-state index contributed by atoms with van der Waals surface area (Å²) in [4.78, 5) is 0. The molecule has 2 aromatic carbocycles. The molecule has 256 valence electrons. The molecular weight excluding hydrogens is 623 g/mol. The predicted octanol–water partition coefficient (Wildman–Crippen LogP) is 8.72. The average molecular weight is 678 g/mol. The summed E-state index contributed by atoms with van der Waals surface area (Å²) >= 11 is 0. The van der Waals surface area contributed by atoms with Crippen molar-refractivity contribution in [1.29, 1.82) is 5.26 Å². The van der Waals surface area contributed by atoms with E-state index in [2.05, 4.69) is 66.2 Å². The van der Waals surface area contributed by atoms with Crippen LogP contribution in [0.25, 0.3) is 0 Å². The van der Waals surface area contributed by atoms with E-state index in [0.29, 0.717) is 32.0 Å². The number of hydrogen-bond donors (Lipinski definition) is 0. The number of hydrogen-bond acceptors (Lipinski definition) is 7. The van der Waals surface area contributed by atoms with Gasteiger partial charge in [-0.15, -0.1) is 6.58 Å². The van der Waals surface area contributed by atoms with Crippen LogP contribution in [0.3, 0.4) is 0 Å². The van der Waals surface area contributed by atoms with Crippen LogP contribution >= 0.6 is 0 Å². The molecule has 5 atom stereocenters. The first kappa shape index (κ1) is 38.6. The van der Waals surface area contributed by atoms with Gasteiger partial charge in [-0.2, -0.15) is 5.26 Å². The van der Waals surface area contributed by atoms with Crippen LogP contribution in [0, 0.1) is 11.3 Å². The fourth-order valence-corrected chi connectivity index (χ4v) is 6.48.